The number of hydrogen-bond donors (Lipinski definition) is 2. The van der Waals surface area contributed by atoms with Crippen LogP contribution in [0, 0.1) is 0 Å². The van der Waals surface area contributed by atoms with E-state index in [0.717, 1.165) is 23.1 Å². The van der Waals surface area contributed by atoms with E-state index in [1.807, 2.05) is 4.72 Å². The minimum absolute atomic E-state index is 0.0381. The molecule has 0 saturated carbocycles. The molecule has 0 bridgehead atoms. The molecule has 1 rings (SSSR count). The minimum atomic E-state index is -4.71. The number of nitrogens with zero attached hydrogens (tertiary/aromatic N) is 1. The summed E-state index contributed by atoms with van der Waals surface area (Å²) in [5.41, 5.74) is -1.14. The van der Waals surface area contributed by atoms with Crippen molar-refractivity contribution in [2.75, 3.05) is 19.6 Å². The molecule has 1 aromatic carbocycles. The molecular formula is C13H15F3N2O5S. The number of carbonyl (C=O) groups excluding carboxylic acids is 1. The lowest BCUT2D eigenvalue weighted by molar-refractivity contribution is -0.143. The summed E-state index contributed by atoms with van der Waals surface area (Å²) in [4.78, 5) is 22.6. The molecule has 0 unspecified atom stereocenters. The first-order valence-corrected chi connectivity index (χ1v) is 8.12. The maximum absolute atomic E-state index is 12.6. The van der Waals surface area contributed by atoms with Gasteiger partial charge >= 0.3 is 12.1 Å². The molecule has 0 atom stereocenters. The summed E-state index contributed by atoms with van der Waals surface area (Å²) < 4.78 is 63.7. The van der Waals surface area contributed by atoms with Gasteiger partial charge in [0.15, 0.2) is 0 Å². The Hall–Kier alpha value is -2.14. The Morgan fingerprint density at radius 1 is 1.29 bits per heavy atom. The Bertz CT molecular complexity index is 719. The SMILES string of the molecule is CCN(CC(=O)O)C(=O)CNS(=O)(=O)c1cccc(C(F)(F)F)c1. The Balaban J connectivity index is 2.87. The van der Waals surface area contributed by atoms with Crippen molar-refractivity contribution in [1.29, 1.82) is 0 Å². The van der Waals surface area contributed by atoms with Crippen molar-refractivity contribution in [2.24, 2.45) is 0 Å². The smallest absolute Gasteiger partial charge is 0.416 e. The van der Waals surface area contributed by atoms with Crippen LogP contribution in [0.3, 0.4) is 0 Å². The van der Waals surface area contributed by atoms with Crippen LogP contribution in [0.2, 0.25) is 0 Å². The second kappa shape index (κ2) is 7.62. The molecule has 24 heavy (non-hydrogen) atoms. The van der Waals surface area contributed by atoms with Gasteiger partial charge in [0.1, 0.15) is 6.54 Å². The van der Waals surface area contributed by atoms with Crippen LogP contribution in [0.1, 0.15) is 12.5 Å². The summed E-state index contributed by atoms with van der Waals surface area (Å²) in [5.74, 6) is -2.08. The lowest BCUT2D eigenvalue weighted by atomic mass is 10.2. The van der Waals surface area contributed by atoms with Crippen LogP contribution >= 0.6 is 0 Å². The van der Waals surface area contributed by atoms with Crippen molar-refractivity contribution in [3.05, 3.63) is 29.8 Å². The molecule has 0 fully saturated rings. The van der Waals surface area contributed by atoms with Gasteiger partial charge in [0, 0.05) is 6.54 Å². The molecule has 1 aromatic rings. The summed E-state index contributed by atoms with van der Waals surface area (Å²) in [6.45, 7) is 0.166. The lowest BCUT2D eigenvalue weighted by Gasteiger charge is -2.18. The molecule has 2 N–H and O–H groups in total. The van der Waals surface area contributed by atoms with E-state index in [-0.39, 0.29) is 6.54 Å². The molecule has 0 aliphatic rings. The Morgan fingerprint density at radius 3 is 2.42 bits per heavy atom. The van der Waals surface area contributed by atoms with Gasteiger partial charge in [-0.05, 0) is 25.1 Å². The molecule has 0 spiro atoms. The summed E-state index contributed by atoms with van der Waals surface area (Å²) in [7, 11) is -4.35. The first-order valence-electron chi connectivity index (χ1n) is 6.64. The molecule has 0 aliphatic carbocycles. The molecule has 0 aliphatic heterocycles. The normalized spacial score (nSPS) is 12.0. The van der Waals surface area contributed by atoms with Gasteiger partial charge in [-0.25, -0.2) is 13.1 Å². The fraction of sp³-hybridized carbons (Fsp3) is 0.385. The number of halogens is 3. The third-order valence-electron chi connectivity index (χ3n) is 2.95. The number of nitrogens with one attached hydrogen (secondary N) is 1. The predicted octanol–water partition coefficient (Wildman–Crippen LogP) is 0.917. The summed E-state index contributed by atoms with van der Waals surface area (Å²) >= 11 is 0. The number of carboxylic acid groups (broad SMARTS) is 1. The van der Waals surface area contributed by atoms with E-state index in [2.05, 4.69) is 0 Å². The topological polar surface area (TPSA) is 104 Å². The van der Waals surface area contributed by atoms with Crippen molar-refractivity contribution in [3.63, 3.8) is 0 Å². The average molecular weight is 368 g/mol. The van der Waals surface area contributed by atoms with Crippen LogP contribution < -0.4 is 4.72 Å². The van der Waals surface area contributed by atoms with Crippen LogP contribution in [0.25, 0.3) is 0 Å². The summed E-state index contributed by atoms with van der Waals surface area (Å²) in [5, 5.41) is 8.64. The highest BCUT2D eigenvalue weighted by molar-refractivity contribution is 7.89. The van der Waals surface area contributed by atoms with Gasteiger partial charge in [-0.2, -0.15) is 13.2 Å². The monoisotopic (exact) mass is 368 g/mol. The number of rotatable bonds is 7. The van der Waals surface area contributed by atoms with Crippen LogP contribution in [0.5, 0.6) is 0 Å². The number of carboxylic acids is 1. The molecule has 134 valence electrons. The highest BCUT2D eigenvalue weighted by Gasteiger charge is 2.31. The van der Waals surface area contributed by atoms with Gasteiger partial charge in [-0.3, -0.25) is 9.59 Å². The first-order chi connectivity index (χ1) is 11.0. The second-order valence-electron chi connectivity index (χ2n) is 4.65. The average Bonchev–Trinajstić information content (AvgIpc) is 2.49. The van der Waals surface area contributed by atoms with E-state index < -0.39 is 51.6 Å². The van der Waals surface area contributed by atoms with Gasteiger partial charge in [-0.15, -0.1) is 0 Å². The second-order valence-corrected chi connectivity index (χ2v) is 6.42. The fourth-order valence-electron chi connectivity index (χ4n) is 1.73. The Kier molecular flexibility index (Phi) is 6.32. The molecule has 0 aromatic heterocycles. The maximum atomic E-state index is 12.6. The zero-order chi connectivity index (χ0) is 18.5. The van der Waals surface area contributed by atoms with E-state index in [1.54, 1.807) is 0 Å². The van der Waals surface area contributed by atoms with Crippen molar-refractivity contribution in [1.82, 2.24) is 9.62 Å². The van der Waals surface area contributed by atoms with Gasteiger partial charge in [0.05, 0.1) is 17.0 Å². The molecule has 11 heteroatoms. The molecule has 1 amide bonds. The van der Waals surface area contributed by atoms with Crippen molar-refractivity contribution >= 4 is 21.9 Å². The van der Waals surface area contributed by atoms with E-state index in [4.69, 9.17) is 5.11 Å². The Labute approximate surface area is 136 Å². The van der Waals surface area contributed by atoms with Crippen LogP contribution in [-0.2, 0) is 25.8 Å². The molecular weight excluding hydrogens is 353 g/mol. The van der Waals surface area contributed by atoms with Crippen molar-refractivity contribution in [2.45, 2.75) is 18.0 Å². The number of likely N-dealkylation sites (N-methyl/N-ethyl adjacent to an activating group) is 1. The number of amides is 1. The highest BCUT2D eigenvalue weighted by Crippen LogP contribution is 2.30. The van der Waals surface area contributed by atoms with Crippen LogP contribution in [0.4, 0.5) is 13.2 Å². The van der Waals surface area contributed by atoms with E-state index in [0.29, 0.717) is 6.07 Å². The quantitative estimate of drug-likeness (QED) is 0.745. The number of alkyl halides is 3. The molecule has 0 saturated heterocycles. The maximum Gasteiger partial charge on any atom is 0.416 e. The standard InChI is InChI=1S/C13H15F3N2O5S/c1-2-18(8-12(20)21)11(19)7-17-24(22,23)10-5-3-4-9(6-10)13(14,15)16/h3-6,17H,2,7-8H2,1H3,(H,20,21). The molecule has 0 radical (unpaired) electrons. The third kappa shape index (κ3) is 5.49. The summed E-state index contributed by atoms with van der Waals surface area (Å²) in [6.07, 6.45) is -4.71. The fourth-order valence-corrected chi connectivity index (χ4v) is 2.75. The van der Waals surface area contributed by atoms with Gasteiger partial charge in [-0.1, -0.05) is 6.07 Å². The van der Waals surface area contributed by atoms with Gasteiger partial charge < -0.3 is 10.0 Å². The van der Waals surface area contributed by atoms with Gasteiger partial charge in [0.2, 0.25) is 15.9 Å². The minimum Gasteiger partial charge on any atom is -0.480 e. The first kappa shape index (κ1) is 19.9. The highest BCUT2D eigenvalue weighted by atomic mass is 32.2. The number of benzene rings is 1. The van der Waals surface area contributed by atoms with Crippen LogP contribution in [-0.4, -0.2) is 49.9 Å². The van der Waals surface area contributed by atoms with E-state index in [1.165, 1.54) is 6.92 Å². The lowest BCUT2D eigenvalue weighted by Crippen LogP contribution is -2.42. The molecule has 0 heterocycles. The van der Waals surface area contributed by atoms with E-state index in [9.17, 15) is 31.2 Å². The van der Waals surface area contributed by atoms with E-state index >= 15 is 0 Å². The van der Waals surface area contributed by atoms with Crippen molar-refractivity contribution < 1.29 is 36.3 Å². The largest absolute Gasteiger partial charge is 0.480 e. The third-order valence-corrected chi connectivity index (χ3v) is 4.34. The number of sulfonamides is 1. The molecule has 7 nitrogen and oxygen atoms in total. The Morgan fingerprint density at radius 2 is 1.92 bits per heavy atom. The zero-order valence-corrected chi connectivity index (χ0v) is 13.3. The van der Waals surface area contributed by atoms with Gasteiger partial charge in [0.25, 0.3) is 0 Å². The van der Waals surface area contributed by atoms with Crippen LogP contribution in [0.15, 0.2) is 29.2 Å². The zero-order valence-electron chi connectivity index (χ0n) is 12.5. The number of aliphatic carboxylic acids is 1. The van der Waals surface area contributed by atoms with Crippen molar-refractivity contribution in [3.8, 4) is 0 Å². The summed E-state index contributed by atoms with van der Waals surface area (Å²) in [6, 6.07) is 3.05. The number of carbonyl (C=O) groups is 2. The number of hydrogen-bond acceptors (Lipinski definition) is 4. The predicted molar refractivity (Wildman–Crippen MR) is 76.5 cm³/mol.